The standard InChI is InChI=1S/C13H23NO3/c1-9-5-6-12(17-9)8-14-11-4-2-3-10(7-11)13(15)16/h9-12,14H,2-8H2,1H3,(H,15,16). The second kappa shape index (κ2) is 5.83. The number of carbonyl (C=O) groups is 1. The summed E-state index contributed by atoms with van der Waals surface area (Å²) >= 11 is 0. The van der Waals surface area contributed by atoms with Gasteiger partial charge in [0.05, 0.1) is 18.1 Å². The Morgan fingerprint density at radius 3 is 2.82 bits per heavy atom. The summed E-state index contributed by atoms with van der Waals surface area (Å²) in [6.07, 6.45) is 6.73. The van der Waals surface area contributed by atoms with Crippen LogP contribution in [-0.2, 0) is 9.53 Å². The zero-order valence-corrected chi connectivity index (χ0v) is 10.5. The van der Waals surface area contributed by atoms with Crippen LogP contribution in [0.3, 0.4) is 0 Å². The van der Waals surface area contributed by atoms with Gasteiger partial charge in [0.2, 0.25) is 0 Å². The van der Waals surface area contributed by atoms with Gasteiger partial charge in [-0.25, -0.2) is 0 Å². The maximum absolute atomic E-state index is 11.0. The summed E-state index contributed by atoms with van der Waals surface area (Å²) in [5.41, 5.74) is 0. The van der Waals surface area contributed by atoms with Crippen molar-refractivity contribution in [2.75, 3.05) is 6.54 Å². The third-order valence-corrected chi connectivity index (χ3v) is 3.98. The van der Waals surface area contributed by atoms with Crippen molar-refractivity contribution in [1.82, 2.24) is 5.32 Å². The number of hydrogen-bond acceptors (Lipinski definition) is 3. The molecule has 4 unspecified atom stereocenters. The van der Waals surface area contributed by atoms with Crippen molar-refractivity contribution in [3.63, 3.8) is 0 Å². The SMILES string of the molecule is CC1CCC(CNC2CCCC(C(=O)O)C2)O1. The molecular formula is C13H23NO3. The molecule has 1 aliphatic heterocycles. The van der Waals surface area contributed by atoms with E-state index in [4.69, 9.17) is 9.84 Å². The van der Waals surface area contributed by atoms with Crippen LogP contribution in [0.5, 0.6) is 0 Å². The van der Waals surface area contributed by atoms with Crippen LogP contribution in [0.15, 0.2) is 0 Å². The molecule has 0 spiro atoms. The summed E-state index contributed by atoms with van der Waals surface area (Å²) in [5, 5.41) is 12.5. The van der Waals surface area contributed by atoms with Crippen molar-refractivity contribution in [3.05, 3.63) is 0 Å². The van der Waals surface area contributed by atoms with E-state index in [0.29, 0.717) is 18.2 Å². The predicted molar refractivity (Wildman–Crippen MR) is 65.0 cm³/mol. The summed E-state index contributed by atoms with van der Waals surface area (Å²) in [6.45, 7) is 2.99. The van der Waals surface area contributed by atoms with Gasteiger partial charge in [-0.05, 0) is 39.0 Å². The van der Waals surface area contributed by atoms with Gasteiger partial charge >= 0.3 is 5.97 Å². The summed E-state index contributed by atoms with van der Waals surface area (Å²) in [5.74, 6) is -0.785. The van der Waals surface area contributed by atoms with Gasteiger partial charge in [0.25, 0.3) is 0 Å². The molecule has 1 aliphatic carbocycles. The number of ether oxygens (including phenoxy) is 1. The monoisotopic (exact) mass is 241 g/mol. The van der Waals surface area contributed by atoms with Crippen LogP contribution in [0.4, 0.5) is 0 Å². The minimum Gasteiger partial charge on any atom is -0.481 e. The lowest BCUT2D eigenvalue weighted by molar-refractivity contribution is -0.143. The van der Waals surface area contributed by atoms with Gasteiger partial charge in [-0.2, -0.15) is 0 Å². The fraction of sp³-hybridized carbons (Fsp3) is 0.923. The van der Waals surface area contributed by atoms with Crippen molar-refractivity contribution >= 4 is 5.97 Å². The average molecular weight is 241 g/mol. The zero-order valence-electron chi connectivity index (χ0n) is 10.5. The summed E-state index contributed by atoms with van der Waals surface area (Å²) in [6, 6.07) is 0.365. The predicted octanol–water partition coefficient (Wildman–Crippen LogP) is 1.79. The lowest BCUT2D eigenvalue weighted by atomic mass is 9.86. The highest BCUT2D eigenvalue weighted by molar-refractivity contribution is 5.70. The fourth-order valence-corrected chi connectivity index (χ4v) is 2.93. The molecule has 2 rings (SSSR count). The topological polar surface area (TPSA) is 58.6 Å². The highest BCUT2D eigenvalue weighted by atomic mass is 16.5. The van der Waals surface area contributed by atoms with Crippen molar-refractivity contribution in [1.29, 1.82) is 0 Å². The van der Waals surface area contributed by atoms with E-state index in [-0.39, 0.29) is 5.92 Å². The van der Waals surface area contributed by atoms with E-state index >= 15 is 0 Å². The fourth-order valence-electron chi connectivity index (χ4n) is 2.93. The van der Waals surface area contributed by atoms with Crippen LogP contribution >= 0.6 is 0 Å². The maximum Gasteiger partial charge on any atom is 0.306 e. The van der Waals surface area contributed by atoms with Crippen LogP contribution in [-0.4, -0.2) is 35.9 Å². The molecule has 2 aliphatic rings. The van der Waals surface area contributed by atoms with E-state index in [2.05, 4.69) is 12.2 Å². The number of nitrogens with one attached hydrogen (secondary N) is 1. The molecular weight excluding hydrogens is 218 g/mol. The molecule has 0 amide bonds. The quantitative estimate of drug-likeness (QED) is 0.788. The molecule has 1 saturated carbocycles. The van der Waals surface area contributed by atoms with Crippen LogP contribution in [0.25, 0.3) is 0 Å². The summed E-state index contributed by atoms with van der Waals surface area (Å²) in [7, 11) is 0. The van der Waals surface area contributed by atoms with Crippen molar-refractivity contribution in [2.24, 2.45) is 5.92 Å². The van der Waals surface area contributed by atoms with Gasteiger partial charge < -0.3 is 15.2 Å². The van der Waals surface area contributed by atoms with Gasteiger partial charge in [0, 0.05) is 12.6 Å². The first-order valence-corrected chi connectivity index (χ1v) is 6.77. The minimum atomic E-state index is -0.637. The molecule has 4 nitrogen and oxygen atoms in total. The van der Waals surface area contributed by atoms with Crippen molar-refractivity contribution in [3.8, 4) is 0 Å². The van der Waals surface area contributed by atoms with E-state index in [0.717, 1.165) is 45.1 Å². The Balaban J connectivity index is 1.70. The van der Waals surface area contributed by atoms with Crippen molar-refractivity contribution < 1.29 is 14.6 Å². The molecule has 98 valence electrons. The smallest absolute Gasteiger partial charge is 0.306 e. The molecule has 2 fully saturated rings. The normalized spacial score (nSPS) is 38.2. The molecule has 0 aromatic carbocycles. The van der Waals surface area contributed by atoms with Crippen LogP contribution in [0.1, 0.15) is 45.4 Å². The van der Waals surface area contributed by atoms with Crippen LogP contribution in [0, 0.1) is 5.92 Å². The molecule has 17 heavy (non-hydrogen) atoms. The van der Waals surface area contributed by atoms with E-state index in [9.17, 15) is 4.79 Å². The lowest BCUT2D eigenvalue weighted by Gasteiger charge is -2.28. The summed E-state index contributed by atoms with van der Waals surface area (Å²) < 4.78 is 5.75. The Morgan fingerprint density at radius 2 is 2.18 bits per heavy atom. The van der Waals surface area contributed by atoms with Crippen molar-refractivity contribution in [2.45, 2.75) is 63.7 Å². The van der Waals surface area contributed by atoms with Crippen LogP contribution in [0.2, 0.25) is 0 Å². The Kier molecular flexibility index (Phi) is 4.40. The Morgan fingerprint density at radius 1 is 1.35 bits per heavy atom. The number of hydrogen-bond donors (Lipinski definition) is 2. The Bertz CT molecular complexity index is 269. The number of rotatable bonds is 4. The lowest BCUT2D eigenvalue weighted by Crippen LogP contribution is -2.40. The van der Waals surface area contributed by atoms with Gasteiger partial charge in [0.1, 0.15) is 0 Å². The van der Waals surface area contributed by atoms with Gasteiger partial charge in [-0.1, -0.05) is 6.42 Å². The molecule has 1 saturated heterocycles. The molecule has 0 aromatic heterocycles. The molecule has 1 heterocycles. The van der Waals surface area contributed by atoms with Crippen LogP contribution < -0.4 is 5.32 Å². The molecule has 0 aromatic rings. The minimum absolute atomic E-state index is 0.148. The third-order valence-electron chi connectivity index (χ3n) is 3.98. The highest BCUT2D eigenvalue weighted by Gasteiger charge is 2.28. The second-order valence-electron chi connectivity index (χ2n) is 5.45. The first-order chi connectivity index (χ1) is 8.15. The van der Waals surface area contributed by atoms with Gasteiger partial charge in [-0.3, -0.25) is 4.79 Å². The van der Waals surface area contributed by atoms with E-state index < -0.39 is 5.97 Å². The second-order valence-corrected chi connectivity index (χ2v) is 5.45. The third kappa shape index (κ3) is 3.68. The molecule has 0 radical (unpaired) electrons. The average Bonchev–Trinajstić information content (AvgIpc) is 2.73. The summed E-state index contributed by atoms with van der Waals surface area (Å²) in [4.78, 5) is 11.0. The number of aliphatic carboxylic acids is 1. The Hall–Kier alpha value is -0.610. The molecule has 4 atom stereocenters. The first-order valence-electron chi connectivity index (χ1n) is 6.77. The maximum atomic E-state index is 11.0. The molecule has 0 bridgehead atoms. The van der Waals surface area contributed by atoms with E-state index in [1.807, 2.05) is 0 Å². The van der Waals surface area contributed by atoms with E-state index in [1.165, 1.54) is 0 Å². The molecule has 2 N–H and O–H groups in total. The molecule has 4 heteroatoms. The Labute approximate surface area is 103 Å². The first kappa shape index (κ1) is 12.8. The van der Waals surface area contributed by atoms with Gasteiger partial charge in [-0.15, -0.1) is 0 Å². The number of carboxylic acids is 1. The number of carboxylic acid groups (broad SMARTS) is 1. The van der Waals surface area contributed by atoms with E-state index in [1.54, 1.807) is 0 Å². The zero-order chi connectivity index (χ0) is 12.3. The highest BCUT2D eigenvalue weighted by Crippen LogP contribution is 2.25. The largest absolute Gasteiger partial charge is 0.481 e. The van der Waals surface area contributed by atoms with Gasteiger partial charge in [0.15, 0.2) is 0 Å².